The molecule has 1 aromatic heterocycles. The number of benzene rings is 1. The molecule has 2 heterocycles. The maximum atomic E-state index is 12.7. The first-order valence-corrected chi connectivity index (χ1v) is 7.97. The Morgan fingerprint density at radius 2 is 2.24 bits per heavy atom. The van der Waals surface area contributed by atoms with Crippen LogP contribution in [-0.4, -0.2) is 35.0 Å². The number of carbonyl (C=O) groups is 1. The first-order chi connectivity index (χ1) is 10.3. The van der Waals surface area contributed by atoms with Gasteiger partial charge >= 0.3 is 0 Å². The van der Waals surface area contributed by atoms with Gasteiger partial charge in [0.25, 0.3) is 5.91 Å². The smallest absolute Gasteiger partial charge is 0.284 e. The van der Waals surface area contributed by atoms with E-state index in [0.717, 1.165) is 31.6 Å². The number of rotatable bonds is 4. The molecule has 0 radical (unpaired) electrons. The number of hydrazine groups is 1. The highest BCUT2D eigenvalue weighted by atomic mass is 32.1. The monoisotopic (exact) mass is 302 g/mol. The van der Waals surface area contributed by atoms with Gasteiger partial charge in [0, 0.05) is 6.54 Å². The molecule has 1 unspecified atom stereocenters. The van der Waals surface area contributed by atoms with Gasteiger partial charge in [0.2, 0.25) is 0 Å². The first kappa shape index (κ1) is 14.0. The average molecular weight is 302 g/mol. The Labute approximate surface area is 128 Å². The largest absolute Gasteiger partial charge is 0.315 e. The number of nitrogens with zero attached hydrogens (tertiary/aromatic N) is 2. The van der Waals surface area contributed by atoms with Crippen LogP contribution in [-0.2, 0) is 0 Å². The topological polar surface area (TPSA) is 57.3 Å². The molecule has 2 aromatic rings. The third kappa shape index (κ3) is 3.40. The molecule has 0 aliphatic carbocycles. The van der Waals surface area contributed by atoms with Crippen LogP contribution in [0.2, 0.25) is 0 Å². The molecule has 6 heteroatoms. The average Bonchev–Trinajstić information content (AvgIpc) is 3.08. The summed E-state index contributed by atoms with van der Waals surface area (Å²) in [6, 6.07) is 9.94. The van der Waals surface area contributed by atoms with Crippen molar-refractivity contribution in [1.82, 2.24) is 15.3 Å². The summed E-state index contributed by atoms with van der Waals surface area (Å²) in [5.41, 5.74) is 5.86. The normalized spacial score (nSPS) is 18.2. The van der Waals surface area contributed by atoms with Crippen LogP contribution in [0.25, 0.3) is 0 Å². The lowest BCUT2D eigenvalue weighted by Crippen LogP contribution is -2.51. The molecule has 1 fully saturated rings. The van der Waals surface area contributed by atoms with Gasteiger partial charge in [0.05, 0.1) is 23.4 Å². The summed E-state index contributed by atoms with van der Waals surface area (Å²) in [5.74, 6) is -0.0185. The van der Waals surface area contributed by atoms with Crippen LogP contribution in [0.5, 0.6) is 0 Å². The van der Waals surface area contributed by atoms with Crippen molar-refractivity contribution in [3.05, 3.63) is 46.9 Å². The molecule has 1 aliphatic heterocycles. The minimum atomic E-state index is -0.0185. The Hall–Kier alpha value is -1.92. The number of hydrogen-bond donors (Lipinski definition) is 2. The number of para-hydroxylation sites is 1. The number of aromatic nitrogens is 1. The van der Waals surface area contributed by atoms with Crippen LogP contribution in [0.1, 0.15) is 22.5 Å². The van der Waals surface area contributed by atoms with Crippen molar-refractivity contribution in [3.63, 3.8) is 0 Å². The number of hydrogen-bond acceptors (Lipinski definition) is 5. The van der Waals surface area contributed by atoms with E-state index in [0.29, 0.717) is 4.88 Å². The van der Waals surface area contributed by atoms with Crippen molar-refractivity contribution >= 4 is 22.9 Å². The maximum absolute atomic E-state index is 12.7. The fourth-order valence-corrected chi connectivity index (χ4v) is 3.01. The number of carbonyl (C=O) groups excluding carboxylic acids is 1. The van der Waals surface area contributed by atoms with E-state index < -0.39 is 0 Å². The third-order valence-electron chi connectivity index (χ3n) is 3.52. The van der Waals surface area contributed by atoms with Crippen LogP contribution in [0.4, 0.5) is 5.69 Å². The zero-order chi connectivity index (χ0) is 14.5. The quantitative estimate of drug-likeness (QED) is 0.851. The molecule has 0 saturated carbocycles. The number of anilines is 1. The van der Waals surface area contributed by atoms with Crippen LogP contribution in [0.3, 0.4) is 0 Å². The molecular formula is C15H18N4OS. The molecule has 110 valence electrons. The second-order valence-corrected chi connectivity index (χ2v) is 5.91. The summed E-state index contributed by atoms with van der Waals surface area (Å²) in [5, 5.41) is 5.10. The van der Waals surface area contributed by atoms with Crippen molar-refractivity contribution in [3.8, 4) is 0 Å². The molecule has 5 nitrogen and oxygen atoms in total. The molecule has 1 atom stereocenters. The molecule has 21 heavy (non-hydrogen) atoms. The van der Waals surface area contributed by atoms with Crippen LogP contribution >= 0.6 is 11.3 Å². The highest BCUT2D eigenvalue weighted by Crippen LogP contribution is 2.18. The molecule has 0 spiro atoms. The lowest BCUT2D eigenvalue weighted by atomic mass is 10.1. The van der Waals surface area contributed by atoms with E-state index >= 15 is 0 Å². The van der Waals surface area contributed by atoms with Crippen molar-refractivity contribution in [2.24, 2.45) is 0 Å². The first-order valence-electron chi connectivity index (χ1n) is 7.09. The van der Waals surface area contributed by atoms with E-state index in [1.807, 2.05) is 30.3 Å². The zero-order valence-corrected chi connectivity index (χ0v) is 12.5. The predicted octanol–water partition coefficient (Wildman–Crippen LogP) is 2.36. The van der Waals surface area contributed by atoms with E-state index in [1.54, 1.807) is 16.7 Å². The summed E-state index contributed by atoms with van der Waals surface area (Å²) in [7, 11) is 0. The van der Waals surface area contributed by atoms with Crippen molar-refractivity contribution in [2.45, 2.75) is 18.9 Å². The summed E-state index contributed by atoms with van der Waals surface area (Å²) in [6.07, 6.45) is 3.70. The molecule has 2 N–H and O–H groups in total. The lowest BCUT2D eigenvalue weighted by Gasteiger charge is -2.35. The van der Waals surface area contributed by atoms with Crippen molar-refractivity contribution in [1.29, 1.82) is 0 Å². The van der Waals surface area contributed by atoms with Gasteiger partial charge in [-0.2, -0.15) is 0 Å². The van der Waals surface area contributed by atoms with Gasteiger partial charge in [-0.05, 0) is 31.5 Å². The van der Waals surface area contributed by atoms with Gasteiger partial charge < -0.3 is 5.32 Å². The van der Waals surface area contributed by atoms with E-state index in [4.69, 9.17) is 0 Å². The predicted molar refractivity (Wildman–Crippen MR) is 84.2 cm³/mol. The van der Waals surface area contributed by atoms with Crippen molar-refractivity contribution < 1.29 is 4.79 Å². The SMILES string of the molecule is O=C(c1cncs1)N(Nc1ccccc1)C1CCCNC1. The van der Waals surface area contributed by atoms with Gasteiger partial charge in [-0.1, -0.05) is 18.2 Å². The number of amides is 1. The molecule has 1 saturated heterocycles. The molecular weight excluding hydrogens is 284 g/mol. The van der Waals surface area contributed by atoms with Gasteiger partial charge in [-0.3, -0.25) is 15.2 Å². The fourth-order valence-electron chi connectivity index (χ4n) is 2.45. The molecule has 3 rings (SSSR count). The maximum Gasteiger partial charge on any atom is 0.284 e. The lowest BCUT2D eigenvalue weighted by molar-refractivity contribution is 0.0710. The van der Waals surface area contributed by atoms with Crippen molar-refractivity contribution in [2.75, 3.05) is 18.5 Å². The van der Waals surface area contributed by atoms with Gasteiger partial charge in [0.15, 0.2) is 0 Å². The van der Waals surface area contributed by atoms with Gasteiger partial charge in [-0.15, -0.1) is 11.3 Å². The van der Waals surface area contributed by atoms with E-state index in [9.17, 15) is 4.79 Å². The molecule has 1 aliphatic rings. The van der Waals surface area contributed by atoms with Gasteiger partial charge in [-0.25, -0.2) is 5.01 Å². The Morgan fingerprint density at radius 1 is 1.38 bits per heavy atom. The zero-order valence-electron chi connectivity index (χ0n) is 11.7. The van der Waals surface area contributed by atoms with Gasteiger partial charge in [0.1, 0.15) is 4.88 Å². The number of thiazole rings is 1. The van der Waals surface area contributed by atoms with E-state index in [1.165, 1.54) is 11.3 Å². The highest BCUT2D eigenvalue weighted by molar-refractivity contribution is 7.11. The Bertz CT molecular complexity index is 567. The summed E-state index contributed by atoms with van der Waals surface area (Å²) in [6.45, 7) is 1.83. The standard InChI is InChI=1S/C15H18N4OS/c20-15(14-10-17-11-21-14)19(13-7-4-8-16-9-13)18-12-5-2-1-3-6-12/h1-3,5-6,10-11,13,16,18H,4,7-9H2. The van der Waals surface area contributed by atoms with Crippen LogP contribution in [0, 0.1) is 0 Å². The summed E-state index contributed by atoms with van der Waals surface area (Å²) in [4.78, 5) is 17.4. The Morgan fingerprint density at radius 3 is 2.90 bits per heavy atom. The Balaban J connectivity index is 1.81. The number of piperidine rings is 1. The van der Waals surface area contributed by atoms with E-state index in [2.05, 4.69) is 15.7 Å². The fraction of sp³-hybridized carbons (Fsp3) is 0.333. The minimum Gasteiger partial charge on any atom is -0.315 e. The Kier molecular flexibility index (Phi) is 4.47. The van der Waals surface area contributed by atoms with Crippen LogP contribution in [0.15, 0.2) is 42.0 Å². The van der Waals surface area contributed by atoms with Crippen LogP contribution < -0.4 is 10.7 Å². The minimum absolute atomic E-state index is 0.0185. The molecule has 1 amide bonds. The highest BCUT2D eigenvalue weighted by Gasteiger charge is 2.27. The molecule has 1 aromatic carbocycles. The second kappa shape index (κ2) is 6.69. The van der Waals surface area contributed by atoms with E-state index in [-0.39, 0.29) is 11.9 Å². The molecule has 0 bridgehead atoms. The second-order valence-electron chi connectivity index (χ2n) is 5.02. The number of nitrogens with one attached hydrogen (secondary N) is 2. The third-order valence-corrected chi connectivity index (χ3v) is 4.28. The summed E-state index contributed by atoms with van der Waals surface area (Å²) < 4.78 is 0. The summed E-state index contributed by atoms with van der Waals surface area (Å²) >= 11 is 1.37.